The number of β-amino-alcohol motifs (C(OH)–C–C–N with tert-alkyl or cyclic N) is 1. The van der Waals surface area contributed by atoms with Gasteiger partial charge in [0.25, 0.3) is 0 Å². The van der Waals surface area contributed by atoms with Crippen molar-refractivity contribution in [3.05, 3.63) is 0 Å². The standard InChI is InChI=1S/C15H30N2O3/c1-11(2)6-7-12-9-17(10-13(18)8-16-12)14(19)20-15(3,4)5/h11-13,16,18H,6-10H2,1-5H3/t12?,13-/m0/s1. The molecule has 118 valence electrons. The van der Waals surface area contributed by atoms with Gasteiger partial charge in [0.2, 0.25) is 0 Å². The minimum absolute atomic E-state index is 0.224. The van der Waals surface area contributed by atoms with E-state index in [1.165, 1.54) is 0 Å². The Morgan fingerprint density at radius 2 is 2.05 bits per heavy atom. The van der Waals surface area contributed by atoms with Crippen molar-refractivity contribution in [3.8, 4) is 0 Å². The molecule has 0 bridgehead atoms. The van der Waals surface area contributed by atoms with Crippen LogP contribution in [0.5, 0.6) is 0 Å². The van der Waals surface area contributed by atoms with Gasteiger partial charge < -0.3 is 20.1 Å². The fourth-order valence-electron chi connectivity index (χ4n) is 2.23. The fourth-order valence-corrected chi connectivity index (χ4v) is 2.23. The van der Waals surface area contributed by atoms with Crippen LogP contribution < -0.4 is 5.32 Å². The second-order valence-corrected chi connectivity index (χ2v) is 7.12. The van der Waals surface area contributed by atoms with Crippen molar-refractivity contribution >= 4 is 6.09 Å². The second kappa shape index (κ2) is 7.27. The monoisotopic (exact) mass is 286 g/mol. The first kappa shape index (κ1) is 17.2. The summed E-state index contributed by atoms with van der Waals surface area (Å²) in [4.78, 5) is 13.8. The summed E-state index contributed by atoms with van der Waals surface area (Å²) in [5.74, 6) is 0.639. The summed E-state index contributed by atoms with van der Waals surface area (Å²) >= 11 is 0. The Morgan fingerprint density at radius 3 is 2.60 bits per heavy atom. The van der Waals surface area contributed by atoms with E-state index >= 15 is 0 Å². The van der Waals surface area contributed by atoms with Crippen LogP contribution in [-0.2, 0) is 4.74 Å². The van der Waals surface area contributed by atoms with E-state index in [1.807, 2.05) is 20.8 Å². The number of carbonyl (C=O) groups excluding carboxylic acids is 1. The number of nitrogens with one attached hydrogen (secondary N) is 1. The van der Waals surface area contributed by atoms with Crippen LogP contribution in [0.1, 0.15) is 47.5 Å². The first-order valence-electron chi connectivity index (χ1n) is 7.56. The molecular formula is C15H30N2O3. The minimum atomic E-state index is -0.536. The number of hydrogen-bond donors (Lipinski definition) is 2. The highest BCUT2D eigenvalue weighted by Crippen LogP contribution is 2.14. The van der Waals surface area contributed by atoms with Gasteiger partial charge in [-0.25, -0.2) is 4.79 Å². The summed E-state index contributed by atoms with van der Waals surface area (Å²) in [7, 11) is 0. The van der Waals surface area contributed by atoms with E-state index in [2.05, 4.69) is 19.2 Å². The van der Waals surface area contributed by atoms with Gasteiger partial charge in [-0.2, -0.15) is 0 Å². The van der Waals surface area contributed by atoms with Gasteiger partial charge in [0, 0.05) is 19.1 Å². The molecule has 0 saturated carbocycles. The Balaban J connectivity index is 2.60. The normalized spacial score (nSPS) is 24.6. The quantitative estimate of drug-likeness (QED) is 0.833. The third-order valence-electron chi connectivity index (χ3n) is 3.26. The number of aliphatic hydroxyl groups excluding tert-OH is 1. The molecule has 1 aliphatic rings. The topological polar surface area (TPSA) is 61.8 Å². The van der Waals surface area contributed by atoms with E-state index in [-0.39, 0.29) is 12.1 Å². The number of carbonyl (C=O) groups is 1. The van der Waals surface area contributed by atoms with E-state index < -0.39 is 11.7 Å². The van der Waals surface area contributed by atoms with Gasteiger partial charge in [-0.3, -0.25) is 0 Å². The van der Waals surface area contributed by atoms with Crippen LogP contribution in [-0.4, -0.2) is 53.5 Å². The fraction of sp³-hybridized carbons (Fsp3) is 0.933. The zero-order chi connectivity index (χ0) is 15.3. The molecule has 20 heavy (non-hydrogen) atoms. The van der Waals surface area contributed by atoms with Crippen LogP contribution in [0.15, 0.2) is 0 Å². The zero-order valence-corrected chi connectivity index (χ0v) is 13.5. The number of ether oxygens (including phenoxy) is 1. The number of rotatable bonds is 3. The van der Waals surface area contributed by atoms with E-state index in [0.717, 1.165) is 12.8 Å². The third kappa shape index (κ3) is 6.57. The summed E-state index contributed by atoms with van der Waals surface area (Å²) in [5.41, 5.74) is -0.505. The molecule has 2 atom stereocenters. The molecule has 1 aliphatic heterocycles. The lowest BCUT2D eigenvalue weighted by Gasteiger charge is -2.28. The molecule has 1 amide bonds. The smallest absolute Gasteiger partial charge is 0.410 e. The van der Waals surface area contributed by atoms with Gasteiger partial charge in [0.05, 0.1) is 12.6 Å². The predicted molar refractivity (Wildman–Crippen MR) is 79.7 cm³/mol. The van der Waals surface area contributed by atoms with Crippen molar-refractivity contribution in [2.45, 2.75) is 65.2 Å². The van der Waals surface area contributed by atoms with E-state index in [4.69, 9.17) is 4.74 Å². The van der Waals surface area contributed by atoms with Crippen LogP contribution in [0.25, 0.3) is 0 Å². The molecular weight excluding hydrogens is 256 g/mol. The van der Waals surface area contributed by atoms with Crippen LogP contribution >= 0.6 is 0 Å². The van der Waals surface area contributed by atoms with Crippen molar-refractivity contribution in [1.29, 1.82) is 0 Å². The molecule has 5 nitrogen and oxygen atoms in total. The Kier molecular flexibility index (Phi) is 6.27. The van der Waals surface area contributed by atoms with Gasteiger partial charge in [0.15, 0.2) is 0 Å². The molecule has 0 radical (unpaired) electrons. The van der Waals surface area contributed by atoms with Crippen molar-refractivity contribution in [2.24, 2.45) is 5.92 Å². The molecule has 0 spiro atoms. The number of hydrogen-bond acceptors (Lipinski definition) is 4. The lowest BCUT2D eigenvalue weighted by Crippen LogP contribution is -2.43. The largest absolute Gasteiger partial charge is 0.444 e. The molecule has 0 aliphatic carbocycles. The van der Waals surface area contributed by atoms with Gasteiger partial charge in [-0.15, -0.1) is 0 Å². The van der Waals surface area contributed by atoms with Crippen LogP contribution in [0.3, 0.4) is 0 Å². The SMILES string of the molecule is CC(C)CCC1CN(C(=O)OC(C)(C)C)C[C@@H](O)CN1. The summed E-state index contributed by atoms with van der Waals surface area (Å²) in [6, 6.07) is 0.224. The van der Waals surface area contributed by atoms with Gasteiger partial charge in [-0.05, 0) is 39.5 Å². The molecule has 1 saturated heterocycles. The lowest BCUT2D eigenvalue weighted by atomic mass is 10.0. The van der Waals surface area contributed by atoms with E-state index in [1.54, 1.807) is 4.90 Å². The maximum absolute atomic E-state index is 12.2. The van der Waals surface area contributed by atoms with Crippen LogP contribution in [0, 0.1) is 5.92 Å². The summed E-state index contributed by atoms with van der Waals surface area (Å²) in [6.45, 7) is 11.4. The average Bonchev–Trinajstić information content (AvgIpc) is 2.46. The Hall–Kier alpha value is -0.810. The van der Waals surface area contributed by atoms with Crippen molar-refractivity contribution in [2.75, 3.05) is 19.6 Å². The molecule has 0 aromatic rings. The third-order valence-corrected chi connectivity index (χ3v) is 3.26. The van der Waals surface area contributed by atoms with E-state index in [9.17, 15) is 9.90 Å². The lowest BCUT2D eigenvalue weighted by molar-refractivity contribution is 0.0174. The first-order chi connectivity index (χ1) is 9.17. The van der Waals surface area contributed by atoms with Crippen LogP contribution in [0.4, 0.5) is 4.79 Å². The number of amides is 1. The molecule has 1 fully saturated rings. The summed E-state index contributed by atoms with van der Waals surface area (Å²) in [5, 5.41) is 13.2. The van der Waals surface area contributed by atoms with Gasteiger partial charge >= 0.3 is 6.09 Å². The van der Waals surface area contributed by atoms with Crippen molar-refractivity contribution in [3.63, 3.8) is 0 Å². The van der Waals surface area contributed by atoms with E-state index in [0.29, 0.717) is 25.6 Å². The predicted octanol–water partition coefficient (Wildman–Crippen LogP) is 1.99. The maximum atomic E-state index is 12.2. The number of nitrogens with zero attached hydrogens (tertiary/aromatic N) is 1. The highest BCUT2D eigenvalue weighted by atomic mass is 16.6. The van der Waals surface area contributed by atoms with Crippen molar-refractivity contribution in [1.82, 2.24) is 10.2 Å². The number of aliphatic hydroxyl groups is 1. The Bertz CT molecular complexity index is 313. The highest BCUT2D eigenvalue weighted by molar-refractivity contribution is 5.68. The minimum Gasteiger partial charge on any atom is -0.444 e. The van der Waals surface area contributed by atoms with Gasteiger partial charge in [-0.1, -0.05) is 13.8 Å². The molecule has 1 unspecified atom stereocenters. The second-order valence-electron chi connectivity index (χ2n) is 7.12. The molecule has 2 N–H and O–H groups in total. The molecule has 1 heterocycles. The van der Waals surface area contributed by atoms with Crippen LogP contribution in [0.2, 0.25) is 0 Å². The van der Waals surface area contributed by atoms with Gasteiger partial charge in [0.1, 0.15) is 5.60 Å². The molecule has 0 aromatic carbocycles. The van der Waals surface area contributed by atoms with Crippen molar-refractivity contribution < 1.29 is 14.6 Å². The summed E-state index contributed by atoms with van der Waals surface area (Å²) < 4.78 is 5.40. The summed E-state index contributed by atoms with van der Waals surface area (Å²) in [6.07, 6.45) is 1.24. The zero-order valence-electron chi connectivity index (χ0n) is 13.5. The Labute approximate surface area is 122 Å². The molecule has 5 heteroatoms. The maximum Gasteiger partial charge on any atom is 0.410 e. The first-order valence-corrected chi connectivity index (χ1v) is 7.56. The Morgan fingerprint density at radius 1 is 1.40 bits per heavy atom. The average molecular weight is 286 g/mol. The molecule has 0 aromatic heterocycles. The highest BCUT2D eigenvalue weighted by Gasteiger charge is 2.29. The molecule has 1 rings (SSSR count).